The lowest BCUT2D eigenvalue weighted by molar-refractivity contribution is -0.146. The van der Waals surface area contributed by atoms with Crippen LogP contribution >= 0.6 is 0 Å². The maximum absolute atomic E-state index is 12.1. The third kappa shape index (κ3) is 5.78. The number of carbonyl (C=O) groups is 1. The molecule has 1 heterocycles. The molecule has 0 aliphatic carbocycles. The third-order valence-electron chi connectivity index (χ3n) is 4.75. The molecular formula is C23H26N4O4. The number of H-pyrrole nitrogens is 1. The molecule has 0 amide bonds. The zero-order chi connectivity index (χ0) is 22.2. The average molecular weight is 422 g/mol. The van der Waals surface area contributed by atoms with Crippen LogP contribution in [0.1, 0.15) is 18.2 Å². The van der Waals surface area contributed by atoms with Gasteiger partial charge in [-0.15, -0.1) is 0 Å². The fourth-order valence-electron chi connectivity index (χ4n) is 3.18. The number of hydrogen-bond donors (Lipinski definition) is 4. The first-order chi connectivity index (χ1) is 15.0. The Morgan fingerprint density at radius 3 is 2.68 bits per heavy atom. The summed E-state index contributed by atoms with van der Waals surface area (Å²) in [6, 6.07) is 16.4. The predicted octanol–water partition coefficient (Wildman–Crippen LogP) is 2.50. The van der Waals surface area contributed by atoms with E-state index in [2.05, 4.69) is 20.6 Å². The van der Waals surface area contributed by atoms with Crippen LogP contribution in [0.25, 0.3) is 11.1 Å². The Labute approximate surface area is 180 Å². The second-order valence-electron chi connectivity index (χ2n) is 6.92. The van der Waals surface area contributed by atoms with Gasteiger partial charge in [-0.25, -0.2) is 4.98 Å². The Balaban J connectivity index is 1.78. The van der Waals surface area contributed by atoms with Gasteiger partial charge in [-0.05, 0) is 36.6 Å². The van der Waals surface area contributed by atoms with Crippen molar-refractivity contribution in [2.75, 3.05) is 18.5 Å². The first kappa shape index (κ1) is 22.2. The second kappa shape index (κ2) is 10.5. The number of rotatable bonds is 9. The van der Waals surface area contributed by atoms with Gasteiger partial charge in [-0.3, -0.25) is 19.9 Å². The second-order valence-corrected chi connectivity index (χ2v) is 6.92. The quantitative estimate of drug-likeness (QED) is 0.392. The van der Waals surface area contributed by atoms with Crippen LogP contribution in [0.15, 0.2) is 59.4 Å². The minimum atomic E-state index is -0.887. The van der Waals surface area contributed by atoms with Crippen molar-refractivity contribution in [2.45, 2.75) is 26.4 Å². The molecule has 0 saturated carbocycles. The van der Waals surface area contributed by atoms with Crippen molar-refractivity contribution < 1.29 is 14.6 Å². The molecule has 4 N–H and O–H groups in total. The minimum absolute atomic E-state index is 0.117. The fourth-order valence-corrected chi connectivity index (χ4v) is 3.18. The van der Waals surface area contributed by atoms with Crippen LogP contribution in [0, 0.1) is 6.92 Å². The third-order valence-corrected chi connectivity index (χ3v) is 4.75. The van der Waals surface area contributed by atoms with E-state index in [1.54, 1.807) is 6.92 Å². The largest absolute Gasteiger partial charge is 0.465 e. The Morgan fingerprint density at radius 2 is 1.97 bits per heavy atom. The number of benzene rings is 2. The zero-order valence-corrected chi connectivity index (χ0v) is 17.5. The lowest BCUT2D eigenvalue weighted by atomic mass is 9.99. The van der Waals surface area contributed by atoms with Crippen LogP contribution in [0.4, 0.5) is 11.6 Å². The van der Waals surface area contributed by atoms with Crippen LogP contribution in [-0.4, -0.2) is 40.3 Å². The van der Waals surface area contributed by atoms with Gasteiger partial charge in [0.1, 0.15) is 6.04 Å². The van der Waals surface area contributed by atoms with Gasteiger partial charge in [0.2, 0.25) is 5.95 Å². The standard InChI is InChI=1S/C23H26N4O4/c1-3-31-22(30)20(14-28)24-13-17-12-21(29)27-23(25-17)26-19-11-7-10-18(15(19)2)16-8-5-4-6-9-16/h4-12,20,24,28H,3,13-14H2,1-2H3,(H2,25,26,27,29)/t20-/m1/s1. The van der Waals surface area contributed by atoms with Crippen molar-refractivity contribution in [3.05, 3.63) is 76.2 Å². The highest BCUT2D eigenvalue weighted by molar-refractivity contribution is 5.76. The Bertz CT molecular complexity index is 1080. The number of aliphatic hydroxyl groups excluding tert-OH is 1. The van der Waals surface area contributed by atoms with Crippen LogP contribution in [-0.2, 0) is 16.1 Å². The lowest BCUT2D eigenvalue weighted by Crippen LogP contribution is -2.41. The molecule has 162 valence electrons. The maximum Gasteiger partial charge on any atom is 0.325 e. The van der Waals surface area contributed by atoms with Crippen LogP contribution in [0.5, 0.6) is 0 Å². The van der Waals surface area contributed by atoms with Gasteiger partial charge < -0.3 is 15.2 Å². The molecule has 31 heavy (non-hydrogen) atoms. The average Bonchev–Trinajstić information content (AvgIpc) is 2.76. The van der Waals surface area contributed by atoms with Crippen LogP contribution in [0.3, 0.4) is 0 Å². The Kier molecular flexibility index (Phi) is 7.53. The van der Waals surface area contributed by atoms with E-state index in [0.29, 0.717) is 5.69 Å². The number of aromatic nitrogens is 2. The monoisotopic (exact) mass is 422 g/mol. The number of nitrogens with one attached hydrogen (secondary N) is 3. The Hall–Kier alpha value is -3.49. The maximum atomic E-state index is 12.1. The summed E-state index contributed by atoms with van der Waals surface area (Å²) in [5.41, 5.74) is 4.09. The number of carbonyl (C=O) groups excluding carboxylic acids is 1. The molecule has 8 heteroatoms. The summed E-state index contributed by atoms with van der Waals surface area (Å²) in [6.07, 6.45) is 0. The van der Waals surface area contributed by atoms with Gasteiger partial charge in [-0.1, -0.05) is 42.5 Å². The van der Waals surface area contributed by atoms with Crippen LogP contribution in [0.2, 0.25) is 0 Å². The van der Waals surface area contributed by atoms with E-state index < -0.39 is 18.6 Å². The molecule has 0 saturated heterocycles. The summed E-state index contributed by atoms with van der Waals surface area (Å²) in [4.78, 5) is 31.0. The molecule has 8 nitrogen and oxygen atoms in total. The summed E-state index contributed by atoms with van der Waals surface area (Å²) in [6.45, 7) is 3.61. The van der Waals surface area contributed by atoms with E-state index in [0.717, 1.165) is 22.4 Å². The summed E-state index contributed by atoms with van der Waals surface area (Å²) in [5, 5.41) is 15.4. The number of aliphatic hydroxyl groups is 1. The number of hydrogen-bond acceptors (Lipinski definition) is 7. The molecule has 0 unspecified atom stereocenters. The molecule has 3 aromatic rings. The highest BCUT2D eigenvalue weighted by atomic mass is 16.5. The smallest absolute Gasteiger partial charge is 0.325 e. The van der Waals surface area contributed by atoms with E-state index >= 15 is 0 Å². The van der Waals surface area contributed by atoms with E-state index in [1.807, 2.05) is 55.5 Å². The number of esters is 1. The summed E-state index contributed by atoms with van der Waals surface area (Å²) in [7, 11) is 0. The molecule has 0 spiro atoms. The Morgan fingerprint density at radius 1 is 1.19 bits per heavy atom. The van der Waals surface area contributed by atoms with Crippen molar-refractivity contribution in [2.24, 2.45) is 0 Å². The molecule has 1 atom stereocenters. The van der Waals surface area contributed by atoms with E-state index in [-0.39, 0.29) is 24.7 Å². The molecule has 0 radical (unpaired) electrons. The number of anilines is 2. The molecule has 1 aromatic heterocycles. The minimum Gasteiger partial charge on any atom is -0.465 e. The van der Waals surface area contributed by atoms with Gasteiger partial charge in [0.25, 0.3) is 5.56 Å². The van der Waals surface area contributed by atoms with Crippen molar-refractivity contribution in [3.63, 3.8) is 0 Å². The summed E-state index contributed by atoms with van der Waals surface area (Å²) < 4.78 is 4.91. The summed E-state index contributed by atoms with van der Waals surface area (Å²) in [5.74, 6) is -0.268. The lowest BCUT2D eigenvalue weighted by Gasteiger charge is -2.15. The van der Waals surface area contributed by atoms with Crippen molar-refractivity contribution in [1.29, 1.82) is 0 Å². The van der Waals surface area contributed by atoms with E-state index in [4.69, 9.17) is 4.74 Å². The van der Waals surface area contributed by atoms with Crippen molar-refractivity contribution in [3.8, 4) is 11.1 Å². The fraction of sp³-hybridized carbons (Fsp3) is 0.261. The number of ether oxygens (including phenoxy) is 1. The zero-order valence-electron chi connectivity index (χ0n) is 17.5. The first-order valence-corrected chi connectivity index (χ1v) is 10.0. The van der Waals surface area contributed by atoms with E-state index in [1.165, 1.54) is 6.07 Å². The SMILES string of the molecule is CCOC(=O)[C@@H](CO)NCc1cc(=O)[nH]c(Nc2cccc(-c3ccccc3)c2C)n1. The normalized spacial score (nSPS) is 11.7. The first-order valence-electron chi connectivity index (χ1n) is 10.0. The molecule has 0 aliphatic rings. The van der Waals surface area contributed by atoms with Crippen molar-refractivity contribution in [1.82, 2.24) is 15.3 Å². The van der Waals surface area contributed by atoms with Crippen LogP contribution < -0.4 is 16.2 Å². The van der Waals surface area contributed by atoms with Crippen molar-refractivity contribution >= 4 is 17.6 Å². The summed E-state index contributed by atoms with van der Waals surface area (Å²) >= 11 is 0. The molecular weight excluding hydrogens is 396 g/mol. The van der Waals surface area contributed by atoms with Gasteiger partial charge in [0.05, 0.1) is 18.9 Å². The predicted molar refractivity (Wildman–Crippen MR) is 119 cm³/mol. The topological polar surface area (TPSA) is 116 Å². The van der Waals surface area contributed by atoms with Gasteiger partial charge in [-0.2, -0.15) is 0 Å². The van der Waals surface area contributed by atoms with Gasteiger partial charge >= 0.3 is 5.97 Å². The number of nitrogens with zero attached hydrogens (tertiary/aromatic N) is 1. The molecule has 3 rings (SSSR count). The molecule has 0 aliphatic heterocycles. The molecule has 0 bridgehead atoms. The molecule has 0 fully saturated rings. The van der Waals surface area contributed by atoms with Gasteiger partial charge in [0, 0.05) is 18.3 Å². The molecule has 2 aromatic carbocycles. The number of aromatic amines is 1. The highest BCUT2D eigenvalue weighted by Gasteiger charge is 2.18. The van der Waals surface area contributed by atoms with Gasteiger partial charge in [0.15, 0.2) is 0 Å². The van der Waals surface area contributed by atoms with E-state index in [9.17, 15) is 14.7 Å². The highest BCUT2D eigenvalue weighted by Crippen LogP contribution is 2.29.